The number of likely N-dealkylation sites (N-methyl/N-ethyl adjacent to an activating group) is 1. The highest BCUT2D eigenvalue weighted by molar-refractivity contribution is 5.75. The Morgan fingerprint density at radius 2 is 1.95 bits per heavy atom. The van der Waals surface area contributed by atoms with E-state index in [2.05, 4.69) is 17.1 Å². The molecule has 1 N–H and O–H groups in total. The van der Waals surface area contributed by atoms with Crippen molar-refractivity contribution in [1.29, 1.82) is 0 Å². The highest BCUT2D eigenvalue weighted by Gasteiger charge is 2.43. The predicted octanol–water partition coefficient (Wildman–Crippen LogP) is 4.27. The molecule has 5 heteroatoms. The molecule has 2 nitrogen and oxygen atoms in total. The Balaban J connectivity index is 2.00. The summed E-state index contributed by atoms with van der Waals surface area (Å²) in [6.45, 7) is 3.65. The molecule has 20 heavy (non-hydrogen) atoms. The molecular weight excluding hydrogens is 265 g/mol. The van der Waals surface area contributed by atoms with Crippen LogP contribution in [0.3, 0.4) is 0 Å². The van der Waals surface area contributed by atoms with Crippen LogP contribution in [0.1, 0.15) is 38.2 Å². The third-order valence-electron chi connectivity index (χ3n) is 4.65. The topological polar surface area (TPSA) is 15.3 Å². The van der Waals surface area contributed by atoms with E-state index in [9.17, 15) is 13.2 Å². The molecule has 0 bridgehead atoms. The summed E-state index contributed by atoms with van der Waals surface area (Å²) >= 11 is 0. The lowest BCUT2D eigenvalue weighted by Crippen LogP contribution is -2.54. The SMILES string of the molecule is CCN1c2ccc(C(F)(F)F)cc2NCC12CCCC2. The molecule has 1 aliphatic heterocycles. The molecule has 1 aliphatic carbocycles. The minimum Gasteiger partial charge on any atom is -0.381 e. The molecule has 1 spiro atoms. The van der Waals surface area contributed by atoms with Crippen molar-refractivity contribution in [2.75, 3.05) is 23.3 Å². The van der Waals surface area contributed by atoms with E-state index >= 15 is 0 Å². The van der Waals surface area contributed by atoms with Gasteiger partial charge in [0.05, 0.1) is 22.5 Å². The Morgan fingerprint density at radius 1 is 1.25 bits per heavy atom. The molecule has 110 valence electrons. The van der Waals surface area contributed by atoms with Crippen molar-refractivity contribution in [3.05, 3.63) is 23.8 Å². The second-order valence-electron chi connectivity index (χ2n) is 5.76. The van der Waals surface area contributed by atoms with E-state index in [0.29, 0.717) is 5.69 Å². The molecule has 0 unspecified atom stereocenters. The molecule has 3 rings (SSSR count). The number of hydrogen-bond donors (Lipinski definition) is 1. The Kier molecular flexibility index (Phi) is 3.10. The van der Waals surface area contributed by atoms with E-state index in [4.69, 9.17) is 0 Å². The Labute approximate surface area is 117 Å². The maximum absolute atomic E-state index is 12.8. The van der Waals surface area contributed by atoms with Gasteiger partial charge in [0.15, 0.2) is 0 Å². The predicted molar refractivity (Wildman–Crippen MR) is 74.2 cm³/mol. The van der Waals surface area contributed by atoms with Crippen LogP contribution in [0.5, 0.6) is 0 Å². The van der Waals surface area contributed by atoms with Crippen LogP contribution in [0.15, 0.2) is 18.2 Å². The van der Waals surface area contributed by atoms with Gasteiger partial charge >= 0.3 is 6.18 Å². The smallest absolute Gasteiger partial charge is 0.381 e. The summed E-state index contributed by atoms with van der Waals surface area (Å²) in [6, 6.07) is 4.05. The quantitative estimate of drug-likeness (QED) is 0.828. The highest BCUT2D eigenvalue weighted by atomic mass is 19.4. The molecule has 2 aliphatic rings. The molecule has 1 saturated carbocycles. The number of anilines is 2. The number of nitrogens with one attached hydrogen (secondary N) is 1. The maximum atomic E-state index is 12.8. The monoisotopic (exact) mass is 284 g/mol. The Morgan fingerprint density at radius 3 is 2.55 bits per heavy atom. The van der Waals surface area contributed by atoms with E-state index < -0.39 is 11.7 Å². The first-order valence-electron chi connectivity index (χ1n) is 7.19. The molecule has 0 amide bonds. The van der Waals surface area contributed by atoms with Gasteiger partial charge in [0, 0.05) is 13.1 Å². The lowest BCUT2D eigenvalue weighted by Gasteiger charge is -2.47. The van der Waals surface area contributed by atoms with Gasteiger partial charge in [-0.2, -0.15) is 13.2 Å². The summed E-state index contributed by atoms with van der Waals surface area (Å²) in [7, 11) is 0. The molecule has 0 saturated heterocycles. The van der Waals surface area contributed by atoms with Gasteiger partial charge in [-0.15, -0.1) is 0 Å². The second-order valence-corrected chi connectivity index (χ2v) is 5.76. The number of hydrogen-bond acceptors (Lipinski definition) is 2. The highest BCUT2D eigenvalue weighted by Crippen LogP contribution is 2.45. The van der Waals surface area contributed by atoms with Crippen molar-refractivity contribution < 1.29 is 13.2 Å². The molecule has 1 aromatic carbocycles. The van der Waals surface area contributed by atoms with Crippen molar-refractivity contribution in [3.63, 3.8) is 0 Å². The van der Waals surface area contributed by atoms with Crippen molar-refractivity contribution in [1.82, 2.24) is 0 Å². The van der Waals surface area contributed by atoms with Crippen LogP contribution < -0.4 is 10.2 Å². The van der Waals surface area contributed by atoms with Gasteiger partial charge in [0.25, 0.3) is 0 Å². The van der Waals surface area contributed by atoms with Crippen LogP contribution in [0.25, 0.3) is 0 Å². The summed E-state index contributed by atoms with van der Waals surface area (Å²) in [4.78, 5) is 2.30. The van der Waals surface area contributed by atoms with Gasteiger partial charge in [-0.3, -0.25) is 0 Å². The molecular formula is C15H19F3N2. The first kappa shape index (κ1) is 13.6. The van der Waals surface area contributed by atoms with Crippen LogP contribution in [-0.4, -0.2) is 18.6 Å². The van der Waals surface area contributed by atoms with E-state index in [1.165, 1.54) is 25.0 Å². The molecule has 1 aromatic rings. The Hall–Kier alpha value is -1.39. The van der Waals surface area contributed by atoms with Crippen LogP contribution in [0.4, 0.5) is 24.5 Å². The van der Waals surface area contributed by atoms with Crippen molar-refractivity contribution in [2.45, 2.75) is 44.3 Å². The third kappa shape index (κ3) is 2.03. The first-order chi connectivity index (χ1) is 9.46. The fourth-order valence-electron chi connectivity index (χ4n) is 3.69. The van der Waals surface area contributed by atoms with E-state index in [-0.39, 0.29) is 5.54 Å². The number of rotatable bonds is 1. The second kappa shape index (κ2) is 4.57. The molecule has 0 aromatic heterocycles. The fourth-order valence-corrected chi connectivity index (χ4v) is 3.69. The van der Waals surface area contributed by atoms with Gasteiger partial charge in [0.1, 0.15) is 0 Å². The van der Waals surface area contributed by atoms with Crippen molar-refractivity contribution in [3.8, 4) is 0 Å². The summed E-state index contributed by atoms with van der Waals surface area (Å²) in [5.41, 5.74) is 1.04. The van der Waals surface area contributed by atoms with E-state index in [1.807, 2.05) is 0 Å². The van der Waals surface area contributed by atoms with Gasteiger partial charge in [-0.25, -0.2) is 0 Å². The number of alkyl halides is 3. The van der Waals surface area contributed by atoms with Gasteiger partial charge in [-0.05, 0) is 38.0 Å². The summed E-state index contributed by atoms with van der Waals surface area (Å²) in [6.07, 6.45) is 0.362. The zero-order valence-electron chi connectivity index (χ0n) is 11.6. The number of benzene rings is 1. The molecule has 0 atom stereocenters. The average Bonchev–Trinajstić information content (AvgIpc) is 2.86. The standard InChI is InChI=1S/C15H19F3N2/c1-2-20-13-6-5-11(15(16,17)18)9-12(13)19-10-14(20)7-3-4-8-14/h5-6,9,19H,2-4,7-8,10H2,1H3. The largest absolute Gasteiger partial charge is 0.416 e. The van der Waals surface area contributed by atoms with Gasteiger partial charge in [-0.1, -0.05) is 12.8 Å². The van der Waals surface area contributed by atoms with Crippen molar-refractivity contribution in [2.24, 2.45) is 0 Å². The Bertz CT molecular complexity index is 504. The van der Waals surface area contributed by atoms with E-state index in [1.54, 1.807) is 6.07 Å². The van der Waals surface area contributed by atoms with Crippen molar-refractivity contribution >= 4 is 11.4 Å². The minimum atomic E-state index is -4.28. The van der Waals surface area contributed by atoms with Crippen LogP contribution >= 0.6 is 0 Å². The zero-order chi connectivity index (χ0) is 14.4. The number of halogens is 3. The number of fused-ring (bicyclic) bond motifs is 1. The summed E-state index contributed by atoms with van der Waals surface area (Å²) in [5.74, 6) is 0. The van der Waals surface area contributed by atoms with Crippen LogP contribution in [0, 0.1) is 0 Å². The van der Waals surface area contributed by atoms with E-state index in [0.717, 1.165) is 31.6 Å². The van der Waals surface area contributed by atoms with Crippen LogP contribution in [0.2, 0.25) is 0 Å². The zero-order valence-corrected chi connectivity index (χ0v) is 11.6. The minimum absolute atomic E-state index is 0.0987. The summed E-state index contributed by atoms with van der Waals surface area (Å²) < 4.78 is 38.4. The first-order valence-corrected chi connectivity index (χ1v) is 7.19. The third-order valence-corrected chi connectivity index (χ3v) is 4.65. The molecule has 1 heterocycles. The van der Waals surface area contributed by atoms with Gasteiger partial charge < -0.3 is 10.2 Å². The normalized spacial score (nSPS) is 20.9. The molecule has 1 fully saturated rings. The lowest BCUT2D eigenvalue weighted by atomic mass is 9.90. The van der Waals surface area contributed by atoms with Gasteiger partial charge in [0.2, 0.25) is 0 Å². The fraction of sp³-hybridized carbons (Fsp3) is 0.600. The number of nitrogens with zero attached hydrogens (tertiary/aromatic N) is 1. The lowest BCUT2D eigenvalue weighted by molar-refractivity contribution is -0.137. The summed E-state index contributed by atoms with van der Waals surface area (Å²) in [5, 5.41) is 3.23. The maximum Gasteiger partial charge on any atom is 0.416 e. The molecule has 0 radical (unpaired) electrons. The van der Waals surface area contributed by atoms with Crippen LogP contribution in [-0.2, 0) is 6.18 Å². The average molecular weight is 284 g/mol.